The molecule has 1 aromatic heterocycles. The Morgan fingerprint density at radius 2 is 2.06 bits per heavy atom. The highest BCUT2D eigenvalue weighted by Gasteiger charge is 2.06. The van der Waals surface area contributed by atoms with Gasteiger partial charge in [-0.2, -0.15) is 0 Å². The van der Waals surface area contributed by atoms with Gasteiger partial charge in [0.1, 0.15) is 12.4 Å². The van der Waals surface area contributed by atoms with Crippen LogP contribution in [0, 0.1) is 6.92 Å². The van der Waals surface area contributed by atoms with Gasteiger partial charge in [0.05, 0.1) is 12.7 Å². The van der Waals surface area contributed by atoms with Crippen molar-refractivity contribution in [3.63, 3.8) is 0 Å². The molecule has 0 aliphatic rings. The second kappa shape index (κ2) is 5.40. The third kappa shape index (κ3) is 2.53. The van der Waals surface area contributed by atoms with E-state index in [1.165, 1.54) is 0 Å². The number of anilines is 1. The van der Waals surface area contributed by atoms with E-state index in [9.17, 15) is 0 Å². The molecule has 0 aliphatic carbocycles. The highest BCUT2D eigenvalue weighted by Crippen LogP contribution is 2.24. The number of pyridine rings is 1. The Balaban J connectivity index is 2.14. The lowest BCUT2D eigenvalue weighted by atomic mass is 10.2. The summed E-state index contributed by atoms with van der Waals surface area (Å²) in [7, 11) is 1.59. The maximum Gasteiger partial charge on any atom is 0.219 e. The van der Waals surface area contributed by atoms with Gasteiger partial charge < -0.3 is 15.2 Å². The summed E-state index contributed by atoms with van der Waals surface area (Å²) in [5.74, 6) is 1.36. The zero-order valence-corrected chi connectivity index (χ0v) is 10.5. The molecule has 0 spiro atoms. The molecule has 0 amide bonds. The van der Waals surface area contributed by atoms with Gasteiger partial charge >= 0.3 is 0 Å². The molecule has 0 unspecified atom stereocenters. The number of hydrogen-bond acceptors (Lipinski definition) is 4. The first kappa shape index (κ1) is 12.2. The van der Waals surface area contributed by atoms with Gasteiger partial charge in [0.25, 0.3) is 0 Å². The predicted octanol–water partition coefficient (Wildman–Crippen LogP) is 2.56. The first-order valence-electron chi connectivity index (χ1n) is 5.68. The number of nitrogens with two attached hydrogens (primary N) is 1. The number of benzene rings is 1. The predicted molar refractivity (Wildman–Crippen MR) is 70.7 cm³/mol. The molecule has 4 heteroatoms. The maximum absolute atomic E-state index is 5.83. The summed E-state index contributed by atoms with van der Waals surface area (Å²) in [4.78, 5) is 4.12. The molecule has 2 aromatic rings. The minimum absolute atomic E-state index is 0.404. The van der Waals surface area contributed by atoms with Gasteiger partial charge in [-0.3, -0.25) is 0 Å². The van der Waals surface area contributed by atoms with Crippen molar-refractivity contribution in [1.29, 1.82) is 0 Å². The first-order valence-corrected chi connectivity index (χ1v) is 5.68. The van der Waals surface area contributed by atoms with Crippen molar-refractivity contribution in [1.82, 2.24) is 4.98 Å². The zero-order chi connectivity index (χ0) is 13.0. The van der Waals surface area contributed by atoms with Crippen molar-refractivity contribution >= 4 is 5.69 Å². The van der Waals surface area contributed by atoms with Crippen LogP contribution in [0.5, 0.6) is 11.6 Å². The van der Waals surface area contributed by atoms with Crippen molar-refractivity contribution in [2.24, 2.45) is 0 Å². The standard InChI is InChI=1S/C14H16N2O2/c1-10-12(15)6-3-7-13(10)18-9-11-5-4-8-16-14(11)17-2/h3-8H,9,15H2,1-2H3. The van der Waals surface area contributed by atoms with Gasteiger partial charge in [-0.1, -0.05) is 6.07 Å². The number of nitrogens with zero attached hydrogens (tertiary/aromatic N) is 1. The summed E-state index contributed by atoms with van der Waals surface area (Å²) in [6.45, 7) is 2.34. The summed E-state index contributed by atoms with van der Waals surface area (Å²) in [5.41, 5.74) is 8.41. The van der Waals surface area contributed by atoms with Crippen molar-refractivity contribution in [2.45, 2.75) is 13.5 Å². The van der Waals surface area contributed by atoms with Crippen LogP contribution >= 0.6 is 0 Å². The highest BCUT2D eigenvalue weighted by atomic mass is 16.5. The van der Waals surface area contributed by atoms with E-state index in [0.717, 1.165) is 22.6 Å². The van der Waals surface area contributed by atoms with E-state index in [-0.39, 0.29) is 0 Å². The fourth-order valence-corrected chi connectivity index (χ4v) is 1.66. The smallest absolute Gasteiger partial charge is 0.219 e. The number of rotatable bonds is 4. The van der Waals surface area contributed by atoms with Crippen molar-refractivity contribution in [2.75, 3.05) is 12.8 Å². The number of ether oxygens (including phenoxy) is 2. The average molecular weight is 244 g/mol. The lowest BCUT2D eigenvalue weighted by molar-refractivity contribution is 0.292. The van der Waals surface area contributed by atoms with Gasteiger partial charge in [0, 0.05) is 17.4 Å². The number of nitrogen functional groups attached to an aromatic ring is 1. The van der Waals surface area contributed by atoms with Crippen LogP contribution in [0.4, 0.5) is 5.69 Å². The van der Waals surface area contributed by atoms with Crippen LogP contribution in [-0.4, -0.2) is 12.1 Å². The monoisotopic (exact) mass is 244 g/mol. The van der Waals surface area contributed by atoms with E-state index in [1.807, 2.05) is 37.3 Å². The second-order valence-electron chi connectivity index (χ2n) is 3.93. The lowest BCUT2D eigenvalue weighted by Crippen LogP contribution is -2.02. The average Bonchev–Trinajstić information content (AvgIpc) is 2.41. The van der Waals surface area contributed by atoms with Gasteiger partial charge in [0.2, 0.25) is 5.88 Å². The topological polar surface area (TPSA) is 57.4 Å². The Morgan fingerprint density at radius 1 is 1.22 bits per heavy atom. The van der Waals surface area contributed by atoms with Crippen molar-refractivity contribution in [3.05, 3.63) is 47.7 Å². The molecular weight excluding hydrogens is 228 g/mol. The van der Waals surface area contributed by atoms with Crippen LogP contribution in [0.25, 0.3) is 0 Å². The summed E-state index contributed by atoms with van der Waals surface area (Å²) >= 11 is 0. The molecule has 94 valence electrons. The summed E-state index contributed by atoms with van der Waals surface area (Å²) in [6.07, 6.45) is 1.69. The molecule has 18 heavy (non-hydrogen) atoms. The molecule has 0 fully saturated rings. The van der Waals surface area contributed by atoms with Gasteiger partial charge in [-0.05, 0) is 31.2 Å². The normalized spacial score (nSPS) is 10.1. The Labute approximate surface area is 106 Å². The largest absolute Gasteiger partial charge is 0.488 e. The van der Waals surface area contributed by atoms with E-state index in [1.54, 1.807) is 13.3 Å². The number of hydrogen-bond donors (Lipinski definition) is 1. The van der Waals surface area contributed by atoms with Crippen molar-refractivity contribution < 1.29 is 9.47 Å². The molecule has 1 heterocycles. The fraction of sp³-hybridized carbons (Fsp3) is 0.214. The molecule has 0 atom stereocenters. The fourth-order valence-electron chi connectivity index (χ4n) is 1.66. The van der Waals surface area contributed by atoms with Gasteiger partial charge in [-0.25, -0.2) is 4.98 Å². The molecule has 2 rings (SSSR count). The van der Waals surface area contributed by atoms with E-state index < -0.39 is 0 Å². The molecule has 0 radical (unpaired) electrons. The van der Waals surface area contributed by atoms with Crippen LogP contribution in [0.3, 0.4) is 0 Å². The molecule has 0 aliphatic heterocycles. The van der Waals surface area contributed by atoms with Crippen LogP contribution in [0.2, 0.25) is 0 Å². The number of methoxy groups -OCH3 is 1. The summed E-state index contributed by atoms with van der Waals surface area (Å²) in [6, 6.07) is 9.40. The third-order valence-corrected chi connectivity index (χ3v) is 2.75. The van der Waals surface area contributed by atoms with Crippen LogP contribution in [0.15, 0.2) is 36.5 Å². The summed E-state index contributed by atoms with van der Waals surface area (Å²) < 4.78 is 10.9. The lowest BCUT2D eigenvalue weighted by Gasteiger charge is -2.12. The minimum atomic E-state index is 0.404. The minimum Gasteiger partial charge on any atom is -0.488 e. The molecule has 1 aromatic carbocycles. The molecule has 2 N–H and O–H groups in total. The van der Waals surface area contributed by atoms with E-state index in [4.69, 9.17) is 15.2 Å². The van der Waals surface area contributed by atoms with Crippen molar-refractivity contribution in [3.8, 4) is 11.6 Å². The molecular formula is C14H16N2O2. The Morgan fingerprint density at radius 3 is 2.83 bits per heavy atom. The van der Waals surface area contributed by atoms with E-state index in [0.29, 0.717) is 12.5 Å². The Hall–Kier alpha value is -2.23. The van der Waals surface area contributed by atoms with Crippen LogP contribution < -0.4 is 15.2 Å². The third-order valence-electron chi connectivity index (χ3n) is 2.75. The highest BCUT2D eigenvalue weighted by molar-refractivity contribution is 5.53. The SMILES string of the molecule is COc1ncccc1COc1cccc(N)c1C. The Bertz CT molecular complexity index is 541. The van der Waals surface area contributed by atoms with Gasteiger partial charge in [0.15, 0.2) is 0 Å². The van der Waals surface area contributed by atoms with Crippen LogP contribution in [-0.2, 0) is 6.61 Å². The molecule has 0 bridgehead atoms. The molecule has 0 saturated heterocycles. The molecule has 4 nitrogen and oxygen atoms in total. The summed E-state index contributed by atoms with van der Waals surface area (Å²) in [5, 5.41) is 0. The van der Waals surface area contributed by atoms with Crippen LogP contribution in [0.1, 0.15) is 11.1 Å². The zero-order valence-electron chi connectivity index (χ0n) is 10.5. The van der Waals surface area contributed by atoms with E-state index >= 15 is 0 Å². The quantitative estimate of drug-likeness (QED) is 0.840. The van der Waals surface area contributed by atoms with E-state index in [2.05, 4.69) is 4.98 Å². The Kier molecular flexibility index (Phi) is 3.67. The molecule has 0 saturated carbocycles. The maximum atomic E-state index is 5.83. The van der Waals surface area contributed by atoms with Gasteiger partial charge in [-0.15, -0.1) is 0 Å². The second-order valence-corrected chi connectivity index (χ2v) is 3.93. The first-order chi connectivity index (χ1) is 8.72. The number of aromatic nitrogens is 1.